The number of halogens is 2. The third kappa shape index (κ3) is 2.78. The van der Waals surface area contributed by atoms with Crippen LogP contribution in [0.2, 0.25) is 0 Å². The van der Waals surface area contributed by atoms with Gasteiger partial charge in [0.1, 0.15) is 17.4 Å². The molecule has 27 heavy (non-hydrogen) atoms. The lowest BCUT2D eigenvalue weighted by Crippen LogP contribution is -2.16. The van der Waals surface area contributed by atoms with Crippen LogP contribution in [0.25, 0.3) is 16.7 Å². The van der Waals surface area contributed by atoms with Gasteiger partial charge in [0, 0.05) is 11.5 Å². The zero-order valence-electron chi connectivity index (χ0n) is 14.9. The Morgan fingerprint density at radius 2 is 1.78 bits per heavy atom. The van der Waals surface area contributed by atoms with Crippen molar-refractivity contribution >= 4 is 17.3 Å². The average molecular weight is 367 g/mol. The van der Waals surface area contributed by atoms with Gasteiger partial charge >= 0.3 is 0 Å². The number of rotatable bonds is 3. The molecule has 0 saturated carbocycles. The van der Waals surface area contributed by atoms with E-state index in [4.69, 9.17) is 5.73 Å². The van der Waals surface area contributed by atoms with Gasteiger partial charge in [-0.15, -0.1) is 0 Å². The standard InChI is InChI=1S/C22H19F2NO2/c1-11(26)12-5-6-14-13(9-12)10-17-15(22(25)27)7-8-16(20(14)17)21-18(23)3-2-4-19(21)24/h2-4,7-8,12H,5-6,9-10H2,1H3,(H2,25,27). The lowest BCUT2D eigenvalue weighted by atomic mass is 9.81. The fourth-order valence-corrected chi connectivity index (χ4v) is 4.43. The van der Waals surface area contributed by atoms with Gasteiger partial charge in [-0.1, -0.05) is 17.7 Å². The van der Waals surface area contributed by atoms with Crippen LogP contribution in [0.3, 0.4) is 0 Å². The smallest absolute Gasteiger partial charge is 0.249 e. The number of fused-ring (bicyclic) bond motifs is 2. The second kappa shape index (κ2) is 6.41. The minimum atomic E-state index is -0.643. The number of primary amides is 1. The molecule has 2 aliphatic rings. The van der Waals surface area contributed by atoms with Gasteiger partial charge in [0.2, 0.25) is 5.91 Å². The van der Waals surface area contributed by atoms with Crippen molar-refractivity contribution in [2.24, 2.45) is 11.7 Å². The molecule has 1 atom stereocenters. The van der Waals surface area contributed by atoms with Crippen molar-refractivity contribution in [1.29, 1.82) is 0 Å². The van der Waals surface area contributed by atoms with E-state index in [2.05, 4.69) is 0 Å². The van der Waals surface area contributed by atoms with E-state index in [1.54, 1.807) is 19.1 Å². The molecule has 2 aromatic carbocycles. The predicted octanol–water partition coefficient (Wildman–Crippen LogP) is 4.43. The van der Waals surface area contributed by atoms with Crippen molar-refractivity contribution in [3.05, 3.63) is 64.2 Å². The van der Waals surface area contributed by atoms with Gasteiger partial charge in [-0.05, 0) is 73.1 Å². The van der Waals surface area contributed by atoms with Crippen molar-refractivity contribution in [2.45, 2.75) is 32.6 Å². The first kappa shape index (κ1) is 17.6. The third-order valence-corrected chi connectivity index (χ3v) is 5.74. The molecule has 1 amide bonds. The Bertz CT molecular complexity index is 1000. The molecule has 5 heteroatoms. The maximum atomic E-state index is 14.5. The summed E-state index contributed by atoms with van der Waals surface area (Å²) in [5, 5.41) is 0. The minimum absolute atomic E-state index is 0.0382. The van der Waals surface area contributed by atoms with E-state index in [0.717, 1.165) is 16.7 Å². The maximum absolute atomic E-state index is 14.5. The summed E-state index contributed by atoms with van der Waals surface area (Å²) in [6.45, 7) is 1.59. The first-order valence-corrected chi connectivity index (χ1v) is 9.00. The average Bonchev–Trinajstić information content (AvgIpc) is 2.99. The first-order chi connectivity index (χ1) is 12.9. The van der Waals surface area contributed by atoms with Gasteiger partial charge in [-0.2, -0.15) is 0 Å². The summed E-state index contributed by atoms with van der Waals surface area (Å²) < 4.78 is 28.9. The van der Waals surface area contributed by atoms with Gasteiger partial charge in [-0.3, -0.25) is 9.59 Å². The van der Waals surface area contributed by atoms with Gasteiger partial charge in [0.15, 0.2) is 0 Å². The Labute approximate surface area is 155 Å². The number of allylic oxidation sites excluding steroid dienone is 2. The molecule has 0 bridgehead atoms. The highest BCUT2D eigenvalue weighted by atomic mass is 19.1. The van der Waals surface area contributed by atoms with Gasteiger partial charge in [0.05, 0.1) is 5.56 Å². The van der Waals surface area contributed by atoms with Crippen molar-refractivity contribution in [1.82, 2.24) is 0 Å². The van der Waals surface area contributed by atoms with Crippen molar-refractivity contribution in [3.63, 3.8) is 0 Å². The van der Waals surface area contributed by atoms with Crippen LogP contribution < -0.4 is 5.73 Å². The molecule has 4 rings (SSSR count). The van der Waals surface area contributed by atoms with E-state index in [1.807, 2.05) is 0 Å². The minimum Gasteiger partial charge on any atom is -0.366 e. The summed E-state index contributed by atoms with van der Waals surface area (Å²) in [7, 11) is 0. The fraction of sp³-hybridized carbons (Fsp3) is 0.273. The molecule has 0 saturated heterocycles. The van der Waals surface area contributed by atoms with Crippen molar-refractivity contribution < 1.29 is 18.4 Å². The number of Topliss-reactive ketones (excluding diaryl/α,β-unsaturated/α-hetero) is 1. The molecule has 138 valence electrons. The van der Waals surface area contributed by atoms with E-state index in [-0.39, 0.29) is 17.3 Å². The van der Waals surface area contributed by atoms with E-state index >= 15 is 0 Å². The number of hydrogen-bond donors (Lipinski definition) is 1. The number of amides is 1. The van der Waals surface area contributed by atoms with Crippen LogP contribution >= 0.6 is 0 Å². The SMILES string of the molecule is CC(=O)C1CCC2=C(Cc3c(C(N)=O)ccc(-c4c(F)cccc4F)c32)C1. The van der Waals surface area contributed by atoms with Crippen LogP contribution in [-0.2, 0) is 11.2 Å². The molecule has 1 unspecified atom stereocenters. The summed E-state index contributed by atoms with van der Waals surface area (Å²) in [4.78, 5) is 23.7. The number of ketones is 1. The van der Waals surface area contributed by atoms with Crippen molar-refractivity contribution in [2.75, 3.05) is 0 Å². The molecule has 0 fully saturated rings. The van der Waals surface area contributed by atoms with Crippen LogP contribution in [0.1, 0.15) is 47.7 Å². The maximum Gasteiger partial charge on any atom is 0.249 e. The highest BCUT2D eigenvalue weighted by molar-refractivity contribution is 6.00. The largest absolute Gasteiger partial charge is 0.366 e. The Balaban J connectivity index is 1.94. The number of benzene rings is 2. The van der Waals surface area contributed by atoms with Crippen LogP contribution in [0.15, 0.2) is 35.9 Å². The molecule has 0 aromatic heterocycles. The second-order valence-corrected chi connectivity index (χ2v) is 7.28. The van der Waals surface area contributed by atoms with Gasteiger partial charge in [-0.25, -0.2) is 8.78 Å². The van der Waals surface area contributed by atoms with Crippen LogP contribution in [-0.4, -0.2) is 11.7 Å². The lowest BCUT2D eigenvalue weighted by molar-refractivity contribution is -0.120. The molecule has 0 heterocycles. The topological polar surface area (TPSA) is 60.2 Å². The van der Waals surface area contributed by atoms with Gasteiger partial charge < -0.3 is 5.73 Å². The second-order valence-electron chi connectivity index (χ2n) is 7.28. The number of hydrogen-bond acceptors (Lipinski definition) is 2. The fourth-order valence-electron chi connectivity index (χ4n) is 4.43. The highest BCUT2D eigenvalue weighted by Crippen LogP contribution is 2.48. The summed E-state index contributed by atoms with van der Waals surface area (Å²) >= 11 is 0. The van der Waals surface area contributed by atoms with E-state index in [0.29, 0.717) is 42.4 Å². The molecule has 2 aliphatic carbocycles. The first-order valence-electron chi connectivity index (χ1n) is 9.00. The molecule has 2 aromatic rings. The number of nitrogens with two attached hydrogens (primary N) is 1. The summed E-state index contributed by atoms with van der Waals surface area (Å²) in [5.74, 6) is -1.74. The molecule has 3 nitrogen and oxygen atoms in total. The van der Waals surface area contributed by atoms with E-state index < -0.39 is 17.5 Å². The molecule has 0 aliphatic heterocycles. The van der Waals surface area contributed by atoms with Gasteiger partial charge in [0.25, 0.3) is 0 Å². The summed E-state index contributed by atoms with van der Waals surface area (Å²) in [6, 6.07) is 6.90. The summed E-state index contributed by atoms with van der Waals surface area (Å²) in [6.07, 6.45) is 2.47. The Hall–Kier alpha value is -2.82. The molecule has 0 spiro atoms. The third-order valence-electron chi connectivity index (χ3n) is 5.74. The predicted molar refractivity (Wildman–Crippen MR) is 99.0 cm³/mol. The Morgan fingerprint density at radius 3 is 2.41 bits per heavy atom. The van der Waals surface area contributed by atoms with Crippen LogP contribution in [0.5, 0.6) is 0 Å². The number of carbonyl (C=O) groups excluding carboxylic acids is 2. The summed E-state index contributed by atoms with van der Waals surface area (Å²) in [5.41, 5.74) is 9.78. The molecule has 0 radical (unpaired) electrons. The zero-order valence-corrected chi connectivity index (χ0v) is 14.9. The Kier molecular flexibility index (Phi) is 4.17. The molecule has 2 N–H and O–H groups in total. The monoisotopic (exact) mass is 367 g/mol. The van der Waals surface area contributed by atoms with E-state index in [1.165, 1.54) is 18.2 Å². The quantitative estimate of drug-likeness (QED) is 0.872. The molecular formula is C22H19F2NO2. The normalized spacial score (nSPS) is 18.3. The lowest BCUT2D eigenvalue weighted by Gasteiger charge is -2.23. The zero-order chi connectivity index (χ0) is 19.3. The van der Waals surface area contributed by atoms with Crippen LogP contribution in [0.4, 0.5) is 8.78 Å². The van der Waals surface area contributed by atoms with E-state index in [9.17, 15) is 18.4 Å². The molecular weight excluding hydrogens is 348 g/mol. The van der Waals surface area contributed by atoms with Crippen molar-refractivity contribution in [3.8, 4) is 11.1 Å². The van der Waals surface area contributed by atoms with Crippen LogP contribution in [0, 0.1) is 17.6 Å². The Morgan fingerprint density at radius 1 is 1.07 bits per heavy atom. The highest BCUT2D eigenvalue weighted by Gasteiger charge is 2.34. The number of carbonyl (C=O) groups is 2.